The van der Waals surface area contributed by atoms with Crippen molar-refractivity contribution < 1.29 is 14.7 Å². The van der Waals surface area contributed by atoms with Crippen molar-refractivity contribution in [2.75, 3.05) is 19.6 Å². The molecule has 1 aliphatic carbocycles. The number of carbonyl (C=O) groups is 2. The normalized spacial score (nSPS) is 28.5. The van der Waals surface area contributed by atoms with Gasteiger partial charge < -0.3 is 10.4 Å². The van der Waals surface area contributed by atoms with Crippen LogP contribution < -0.4 is 5.32 Å². The zero-order chi connectivity index (χ0) is 12.3. The third kappa shape index (κ3) is 3.19. The lowest BCUT2D eigenvalue weighted by molar-refractivity contribution is -0.142. The Morgan fingerprint density at radius 3 is 2.65 bits per heavy atom. The van der Waals surface area contributed by atoms with Gasteiger partial charge in [-0.25, -0.2) is 0 Å². The maximum atomic E-state index is 11.6. The molecule has 17 heavy (non-hydrogen) atoms. The molecule has 1 unspecified atom stereocenters. The number of nitrogens with zero attached hydrogens (tertiary/aromatic N) is 1. The van der Waals surface area contributed by atoms with E-state index in [-0.39, 0.29) is 12.5 Å². The van der Waals surface area contributed by atoms with Crippen LogP contribution in [-0.4, -0.2) is 47.6 Å². The molecule has 2 fully saturated rings. The molecule has 0 bridgehead atoms. The van der Waals surface area contributed by atoms with Crippen LogP contribution in [-0.2, 0) is 9.59 Å². The lowest BCUT2D eigenvalue weighted by Gasteiger charge is -2.33. The number of rotatable bonds is 2. The van der Waals surface area contributed by atoms with Gasteiger partial charge in [-0.2, -0.15) is 0 Å². The van der Waals surface area contributed by atoms with Crippen LogP contribution in [0.25, 0.3) is 0 Å². The summed E-state index contributed by atoms with van der Waals surface area (Å²) in [5.74, 6) is -1.32. The Kier molecular flexibility index (Phi) is 3.99. The minimum absolute atomic E-state index is 0.0423. The Bertz CT molecular complexity index is 300. The second-order valence-electron chi connectivity index (χ2n) is 5.06. The maximum absolute atomic E-state index is 11.6. The number of carbonyl (C=O) groups excluding carboxylic acids is 1. The summed E-state index contributed by atoms with van der Waals surface area (Å²) in [4.78, 5) is 24.7. The van der Waals surface area contributed by atoms with Crippen LogP contribution in [0.2, 0.25) is 0 Å². The highest BCUT2D eigenvalue weighted by Crippen LogP contribution is 2.23. The van der Waals surface area contributed by atoms with Crippen molar-refractivity contribution >= 4 is 11.9 Å². The Morgan fingerprint density at radius 1 is 1.29 bits per heavy atom. The number of amides is 1. The number of carboxylic acids is 1. The van der Waals surface area contributed by atoms with Gasteiger partial charge in [0.05, 0.1) is 12.5 Å². The van der Waals surface area contributed by atoms with Crippen molar-refractivity contribution in [3.8, 4) is 0 Å². The summed E-state index contributed by atoms with van der Waals surface area (Å²) in [5, 5.41) is 11.8. The fourth-order valence-corrected chi connectivity index (χ4v) is 2.78. The van der Waals surface area contributed by atoms with Crippen LogP contribution in [0, 0.1) is 5.92 Å². The lowest BCUT2D eigenvalue weighted by Crippen LogP contribution is -2.42. The second-order valence-corrected chi connectivity index (χ2v) is 5.06. The number of hydrogen-bond acceptors (Lipinski definition) is 3. The molecular weight excluding hydrogens is 220 g/mol. The van der Waals surface area contributed by atoms with Gasteiger partial charge in [0, 0.05) is 19.1 Å². The quantitative estimate of drug-likeness (QED) is 0.735. The summed E-state index contributed by atoms with van der Waals surface area (Å²) < 4.78 is 0. The topological polar surface area (TPSA) is 69.6 Å². The highest BCUT2D eigenvalue weighted by molar-refractivity contribution is 5.80. The van der Waals surface area contributed by atoms with Crippen molar-refractivity contribution in [2.24, 2.45) is 5.92 Å². The van der Waals surface area contributed by atoms with Crippen molar-refractivity contribution in [3.05, 3.63) is 0 Å². The van der Waals surface area contributed by atoms with Crippen molar-refractivity contribution in [2.45, 2.75) is 38.1 Å². The molecule has 0 aromatic rings. The molecule has 2 aliphatic rings. The number of nitrogens with one attached hydrogen (secondary N) is 1. The predicted octanol–water partition coefficient (Wildman–Crippen LogP) is 0.452. The zero-order valence-corrected chi connectivity index (χ0v) is 10.0. The minimum Gasteiger partial charge on any atom is -0.481 e. The molecule has 1 heterocycles. The number of carboxylic acid groups (broad SMARTS) is 1. The first-order valence-electron chi connectivity index (χ1n) is 6.40. The Morgan fingerprint density at radius 2 is 2.00 bits per heavy atom. The molecule has 1 saturated carbocycles. The van der Waals surface area contributed by atoms with E-state index in [9.17, 15) is 9.59 Å². The largest absolute Gasteiger partial charge is 0.481 e. The van der Waals surface area contributed by atoms with Crippen LogP contribution in [0.1, 0.15) is 32.1 Å². The molecule has 0 spiro atoms. The van der Waals surface area contributed by atoms with E-state index in [1.54, 1.807) is 0 Å². The monoisotopic (exact) mass is 240 g/mol. The number of hydrogen-bond donors (Lipinski definition) is 2. The summed E-state index contributed by atoms with van der Waals surface area (Å²) in [6, 6.07) is 0.398. The van der Waals surface area contributed by atoms with Gasteiger partial charge in [-0.3, -0.25) is 14.5 Å². The zero-order valence-electron chi connectivity index (χ0n) is 10.0. The highest BCUT2D eigenvalue weighted by Gasteiger charge is 2.31. The summed E-state index contributed by atoms with van der Waals surface area (Å²) in [6.07, 6.45) is 5.85. The molecule has 96 valence electrons. The molecular formula is C12H20N2O3. The van der Waals surface area contributed by atoms with Crippen LogP contribution in [0.4, 0.5) is 0 Å². The lowest BCUT2D eigenvalue weighted by atomic mass is 9.93. The van der Waals surface area contributed by atoms with Gasteiger partial charge >= 0.3 is 5.97 Å². The van der Waals surface area contributed by atoms with Gasteiger partial charge in [0.2, 0.25) is 5.91 Å². The van der Waals surface area contributed by atoms with Crippen LogP contribution in [0.5, 0.6) is 0 Å². The van der Waals surface area contributed by atoms with E-state index in [4.69, 9.17) is 5.11 Å². The summed E-state index contributed by atoms with van der Waals surface area (Å²) in [7, 11) is 0. The minimum atomic E-state index is -0.812. The Balaban J connectivity index is 2.02. The molecule has 1 atom stereocenters. The standard InChI is InChI=1S/C12H20N2O3/c15-11-8-14(10-4-2-1-3-5-10)7-9(6-13-11)12(16)17/h9-10H,1-8H2,(H,13,15)(H,16,17). The summed E-state index contributed by atoms with van der Waals surface area (Å²) in [5.41, 5.74) is 0. The fourth-order valence-electron chi connectivity index (χ4n) is 2.78. The molecule has 5 nitrogen and oxygen atoms in total. The molecule has 0 aromatic heterocycles. The van der Waals surface area contributed by atoms with Crippen molar-refractivity contribution in [3.63, 3.8) is 0 Å². The average molecular weight is 240 g/mol. The van der Waals surface area contributed by atoms with Crippen LogP contribution in [0.3, 0.4) is 0 Å². The molecule has 0 radical (unpaired) electrons. The van der Waals surface area contributed by atoms with E-state index in [0.717, 1.165) is 12.8 Å². The molecule has 1 saturated heterocycles. The molecule has 2 rings (SSSR count). The third-order valence-electron chi connectivity index (χ3n) is 3.79. The second kappa shape index (κ2) is 5.49. The van der Waals surface area contributed by atoms with Gasteiger partial charge in [0.15, 0.2) is 0 Å². The molecule has 2 N–H and O–H groups in total. The van der Waals surface area contributed by atoms with Crippen LogP contribution in [0.15, 0.2) is 0 Å². The van der Waals surface area contributed by atoms with E-state index in [1.807, 2.05) is 0 Å². The Hall–Kier alpha value is -1.10. The van der Waals surface area contributed by atoms with Crippen LogP contribution >= 0.6 is 0 Å². The maximum Gasteiger partial charge on any atom is 0.309 e. The van der Waals surface area contributed by atoms with Gasteiger partial charge in [-0.05, 0) is 12.8 Å². The van der Waals surface area contributed by atoms with E-state index >= 15 is 0 Å². The first-order valence-corrected chi connectivity index (χ1v) is 6.40. The smallest absolute Gasteiger partial charge is 0.309 e. The first kappa shape index (κ1) is 12.4. The summed E-state index contributed by atoms with van der Waals surface area (Å²) >= 11 is 0. The average Bonchev–Trinajstić information content (AvgIpc) is 2.52. The molecule has 5 heteroatoms. The van der Waals surface area contributed by atoms with Gasteiger partial charge in [-0.1, -0.05) is 19.3 Å². The van der Waals surface area contributed by atoms with E-state index in [2.05, 4.69) is 10.2 Å². The van der Waals surface area contributed by atoms with Gasteiger partial charge in [0.1, 0.15) is 0 Å². The SMILES string of the molecule is O=C1CN(C2CCCCC2)CC(C(=O)O)CN1. The van der Waals surface area contributed by atoms with E-state index < -0.39 is 11.9 Å². The van der Waals surface area contributed by atoms with E-state index in [1.165, 1.54) is 19.3 Å². The van der Waals surface area contributed by atoms with Crippen molar-refractivity contribution in [1.29, 1.82) is 0 Å². The van der Waals surface area contributed by atoms with Crippen molar-refractivity contribution in [1.82, 2.24) is 10.2 Å². The van der Waals surface area contributed by atoms with E-state index in [0.29, 0.717) is 19.1 Å². The predicted molar refractivity (Wildman–Crippen MR) is 62.6 cm³/mol. The highest BCUT2D eigenvalue weighted by atomic mass is 16.4. The number of aliphatic carboxylic acids is 1. The first-order chi connectivity index (χ1) is 8.16. The Labute approximate surface area is 101 Å². The van der Waals surface area contributed by atoms with Gasteiger partial charge in [0.25, 0.3) is 0 Å². The molecule has 0 aromatic carbocycles. The molecule has 1 aliphatic heterocycles. The molecule has 1 amide bonds. The third-order valence-corrected chi connectivity index (χ3v) is 3.79. The fraction of sp³-hybridized carbons (Fsp3) is 0.833. The van der Waals surface area contributed by atoms with Gasteiger partial charge in [-0.15, -0.1) is 0 Å². The summed E-state index contributed by atoms with van der Waals surface area (Å²) in [6.45, 7) is 1.12.